The fourth-order valence-electron chi connectivity index (χ4n) is 1.20. The maximum atomic E-state index is 11.8. The zero-order chi connectivity index (χ0) is 12.3. The summed E-state index contributed by atoms with van der Waals surface area (Å²) in [5, 5.41) is 0.323. The van der Waals surface area contributed by atoms with Gasteiger partial charge < -0.3 is 4.74 Å². The lowest BCUT2D eigenvalue weighted by molar-refractivity contribution is 0.399. The first-order chi connectivity index (χ1) is 7.42. The maximum absolute atomic E-state index is 11.8. The van der Waals surface area contributed by atoms with Crippen LogP contribution >= 0.6 is 27.5 Å². The van der Waals surface area contributed by atoms with Gasteiger partial charge in [0.05, 0.1) is 11.6 Å². The minimum absolute atomic E-state index is 0.0243. The molecular formula is C9H11BrClNO3S. The third-order valence-electron chi connectivity index (χ3n) is 1.80. The molecule has 1 aromatic rings. The van der Waals surface area contributed by atoms with E-state index in [1.54, 1.807) is 13.0 Å². The standard InChI is InChI=1S/C9H11BrClNO3S/c1-3-12-16(13,14)8-5-6(11)4-7(10)9(8)15-2/h4-5,12H,3H2,1-2H3. The van der Waals surface area contributed by atoms with Crippen molar-refractivity contribution in [1.29, 1.82) is 0 Å². The minimum atomic E-state index is -3.59. The summed E-state index contributed by atoms with van der Waals surface area (Å²) >= 11 is 9.01. The van der Waals surface area contributed by atoms with Gasteiger partial charge in [-0.3, -0.25) is 0 Å². The van der Waals surface area contributed by atoms with Gasteiger partial charge in [0, 0.05) is 11.6 Å². The van der Waals surface area contributed by atoms with Crippen LogP contribution in [0, 0.1) is 0 Å². The van der Waals surface area contributed by atoms with Gasteiger partial charge in [0.2, 0.25) is 10.0 Å². The molecule has 0 bridgehead atoms. The summed E-state index contributed by atoms with van der Waals surface area (Å²) < 4.78 is 31.6. The lowest BCUT2D eigenvalue weighted by Crippen LogP contribution is -2.23. The third-order valence-corrected chi connectivity index (χ3v) is 4.16. The monoisotopic (exact) mass is 327 g/mol. The van der Waals surface area contributed by atoms with Gasteiger partial charge >= 0.3 is 0 Å². The van der Waals surface area contributed by atoms with Crippen LogP contribution in [0.15, 0.2) is 21.5 Å². The second kappa shape index (κ2) is 5.35. The Balaban J connectivity index is 3.43. The molecule has 0 radical (unpaired) electrons. The lowest BCUT2D eigenvalue weighted by Gasteiger charge is -2.11. The van der Waals surface area contributed by atoms with Crippen molar-refractivity contribution in [2.24, 2.45) is 0 Å². The molecule has 0 fully saturated rings. The SMILES string of the molecule is CCNS(=O)(=O)c1cc(Cl)cc(Br)c1OC. The Morgan fingerprint density at radius 2 is 2.12 bits per heavy atom. The zero-order valence-corrected chi connectivity index (χ0v) is 11.9. The molecule has 1 aromatic carbocycles. The van der Waals surface area contributed by atoms with Crippen molar-refractivity contribution in [2.45, 2.75) is 11.8 Å². The molecule has 0 aliphatic rings. The van der Waals surface area contributed by atoms with Crippen LogP contribution < -0.4 is 9.46 Å². The van der Waals surface area contributed by atoms with E-state index in [0.29, 0.717) is 16.0 Å². The Bertz CT molecular complexity index is 490. The largest absolute Gasteiger partial charge is 0.494 e. The summed E-state index contributed by atoms with van der Waals surface area (Å²) in [6.07, 6.45) is 0. The molecule has 90 valence electrons. The molecule has 0 atom stereocenters. The Kier molecular flexibility index (Phi) is 4.61. The van der Waals surface area contributed by atoms with Crippen molar-refractivity contribution in [3.8, 4) is 5.75 Å². The van der Waals surface area contributed by atoms with E-state index in [1.165, 1.54) is 13.2 Å². The Labute approximate surface area is 108 Å². The Morgan fingerprint density at radius 3 is 2.62 bits per heavy atom. The molecule has 0 heterocycles. The van der Waals surface area contributed by atoms with Gasteiger partial charge in [-0.2, -0.15) is 0 Å². The van der Waals surface area contributed by atoms with Crippen molar-refractivity contribution >= 4 is 37.6 Å². The number of rotatable bonds is 4. The molecule has 1 rings (SSSR count). The second-order valence-corrected chi connectivity index (χ2v) is 5.95. The number of ether oxygens (including phenoxy) is 1. The fraction of sp³-hybridized carbons (Fsp3) is 0.333. The molecule has 0 saturated carbocycles. The van der Waals surface area contributed by atoms with E-state index in [0.717, 1.165) is 0 Å². The van der Waals surface area contributed by atoms with E-state index in [4.69, 9.17) is 16.3 Å². The predicted octanol–water partition coefficient (Wildman–Crippen LogP) is 2.41. The summed E-state index contributed by atoms with van der Waals surface area (Å²) in [5.41, 5.74) is 0. The summed E-state index contributed by atoms with van der Waals surface area (Å²) in [4.78, 5) is 0.0243. The zero-order valence-electron chi connectivity index (χ0n) is 8.75. The van der Waals surface area contributed by atoms with E-state index in [1.807, 2.05) is 0 Å². The fourth-order valence-corrected chi connectivity index (χ4v) is 3.63. The average molecular weight is 329 g/mol. The molecule has 1 N–H and O–H groups in total. The first-order valence-corrected chi connectivity index (χ1v) is 7.10. The number of nitrogens with one attached hydrogen (secondary N) is 1. The van der Waals surface area contributed by atoms with Crippen LogP contribution in [-0.4, -0.2) is 22.1 Å². The molecule has 7 heteroatoms. The highest BCUT2D eigenvalue weighted by molar-refractivity contribution is 9.10. The predicted molar refractivity (Wildman–Crippen MR) is 66.6 cm³/mol. The molecule has 0 unspecified atom stereocenters. The molecule has 0 aromatic heterocycles. The summed E-state index contributed by atoms with van der Waals surface area (Å²) in [7, 11) is -2.19. The summed E-state index contributed by atoms with van der Waals surface area (Å²) in [5.74, 6) is 0.241. The normalized spacial score (nSPS) is 11.5. The molecule has 0 saturated heterocycles. The summed E-state index contributed by atoms with van der Waals surface area (Å²) in [6.45, 7) is 2.00. The molecular weight excluding hydrogens is 318 g/mol. The lowest BCUT2D eigenvalue weighted by atomic mass is 10.3. The van der Waals surface area contributed by atoms with Crippen molar-refractivity contribution in [3.63, 3.8) is 0 Å². The molecule has 16 heavy (non-hydrogen) atoms. The number of methoxy groups -OCH3 is 1. The van der Waals surface area contributed by atoms with Gasteiger partial charge in [-0.15, -0.1) is 0 Å². The van der Waals surface area contributed by atoms with Crippen molar-refractivity contribution in [2.75, 3.05) is 13.7 Å². The topological polar surface area (TPSA) is 55.4 Å². The van der Waals surface area contributed by atoms with Gasteiger partial charge in [-0.05, 0) is 28.1 Å². The average Bonchev–Trinajstić information content (AvgIpc) is 2.16. The molecule has 4 nitrogen and oxygen atoms in total. The number of benzene rings is 1. The molecule has 0 spiro atoms. The van der Waals surface area contributed by atoms with Crippen molar-refractivity contribution < 1.29 is 13.2 Å². The van der Waals surface area contributed by atoms with E-state index in [9.17, 15) is 8.42 Å². The first kappa shape index (κ1) is 13.8. The third kappa shape index (κ3) is 2.88. The van der Waals surface area contributed by atoms with E-state index >= 15 is 0 Å². The number of sulfonamides is 1. The highest BCUT2D eigenvalue weighted by Gasteiger charge is 2.21. The van der Waals surface area contributed by atoms with Crippen LogP contribution in [0.5, 0.6) is 5.75 Å². The second-order valence-electron chi connectivity index (χ2n) is 2.92. The highest BCUT2D eigenvalue weighted by Crippen LogP contribution is 2.35. The van der Waals surface area contributed by atoms with Crippen LogP contribution in [0.2, 0.25) is 5.02 Å². The van der Waals surface area contributed by atoms with E-state index in [-0.39, 0.29) is 10.6 Å². The van der Waals surface area contributed by atoms with Crippen LogP contribution in [-0.2, 0) is 10.0 Å². The van der Waals surface area contributed by atoms with Crippen LogP contribution in [0.3, 0.4) is 0 Å². The van der Waals surface area contributed by atoms with Gasteiger partial charge in [0.1, 0.15) is 4.90 Å². The van der Waals surface area contributed by atoms with Gasteiger partial charge in [0.25, 0.3) is 0 Å². The van der Waals surface area contributed by atoms with Gasteiger partial charge in [-0.25, -0.2) is 13.1 Å². The molecule has 0 amide bonds. The van der Waals surface area contributed by atoms with E-state index in [2.05, 4.69) is 20.7 Å². The van der Waals surface area contributed by atoms with Gasteiger partial charge in [0.15, 0.2) is 5.75 Å². The Morgan fingerprint density at radius 1 is 1.50 bits per heavy atom. The minimum Gasteiger partial charge on any atom is -0.494 e. The number of hydrogen-bond donors (Lipinski definition) is 1. The highest BCUT2D eigenvalue weighted by atomic mass is 79.9. The molecule has 0 aliphatic heterocycles. The summed E-state index contributed by atoms with van der Waals surface area (Å²) in [6, 6.07) is 2.93. The van der Waals surface area contributed by atoms with Crippen LogP contribution in [0.1, 0.15) is 6.92 Å². The quantitative estimate of drug-likeness (QED) is 0.923. The maximum Gasteiger partial charge on any atom is 0.244 e. The van der Waals surface area contributed by atoms with Crippen molar-refractivity contribution in [3.05, 3.63) is 21.6 Å². The van der Waals surface area contributed by atoms with Gasteiger partial charge in [-0.1, -0.05) is 18.5 Å². The number of halogens is 2. The Hall–Kier alpha value is -0.300. The smallest absolute Gasteiger partial charge is 0.244 e. The van der Waals surface area contributed by atoms with Crippen LogP contribution in [0.4, 0.5) is 0 Å². The molecule has 0 aliphatic carbocycles. The number of hydrogen-bond acceptors (Lipinski definition) is 3. The first-order valence-electron chi connectivity index (χ1n) is 4.45. The van der Waals surface area contributed by atoms with Crippen LogP contribution in [0.25, 0.3) is 0 Å². The van der Waals surface area contributed by atoms with Crippen molar-refractivity contribution in [1.82, 2.24) is 4.72 Å². The van der Waals surface area contributed by atoms with E-state index < -0.39 is 10.0 Å².